The van der Waals surface area contributed by atoms with Gasteiger partial charge in [0.1, 0.15) is 0 Å². The van der Waals surface area contributed by atoms with Crippen molar-refractivity contribution in [2.75, 3.05) is 19.5 Å². The highest BCUT2D eigenvalue weighted by Crippen LogP contribution is 2.26. The number of anilines is 1. The minimum Gasteiger partial charge on any atom is -0.493 e. The number of para-hydroxylation sites is 1. The van der Waals surface area contributed by atoms with E-state index >= 15 is 0 Å². The first-order chi connectivity index (χ1) is 12.7. The van der Waals surface area contributed by atoms with Gasteiger partial charge in [-0.1, -0.05) is 18.2 Å². The molecule has 0 saturated carbocycles. The van der Waals surface area contributed by atoms with Crippen LogP contribution in [0.4, 0.5) is 5.69 Å². The molecule has 0 spiro atoms. The highest BCUT2D eigenvalue weighted by molar-refractivity contribution is 7.80. The fourth-order valence-corrected chi connectivity index (χ4v) is 2.62. The van der Waals surface area contributed by atoms with Gasteiger partial charge in [-0.25, -0.2) is 0 Å². The Labute approximate surface area is 156 Å². The second kappa shape index (κ2) is 8.26. The highest BCUT2D eigenvalue weighted by atomic mass is 32.1. The van der Waals surface area contributed by atoms with Crippen LogP contribution in [-0.4, -0.2) is 30.5 Å². The zero-order valence-corrected chi connectivity index (χ0v) is 15.2. The number of ether oxygens (including phenoxy) is 2. The molecule has 3 rings (SSSR count). The first-order valence-corrected chi connectivity index (χ1v) is 8.28. The molecular formula is C19H18N4O2S. The predicted octanol–water partition coefficient (Wildman–Crippen LogP) is 3.57. The van der Waals surface area contributed by atoms with Gasteiger partial charge >= 0.3 is 0 Å². The van der Waals surface area contributed by atoms with Crippen molar-refractivity contribution < 1.29 is 9.47 Å². The summed E-state index contributed by atoms with van der Waals surface area (Å²) in [5.41, 5.74) is 5.32. The second-order valence-electron chi connectivity index (χ2n) is 5.32. The van der Waals surface area contributed by atoms with Gasteiger partial charge in [0, 0.05) is 11.6 Å². The number of hydrazone groups is 1. The van der Waals surface area contributed by atoms with E-state index in [1.54, 1.807) is 26.6 Å². The van der Waals surface area contributed by atoms with E-state index in [1.807, 2.05) is 48.5 Å². The predicted molar refractivity (Wildman–Crippen MR) is 108 cm³/mol. The number of nitrogens with one attached hydrogen (secondary N) is 2. The van der Waals surface area contributed by atoms with Crippen molar-refractivity contribution in [1.29, 1.82) is 0 Å². The van der Waals surface area contributed by atoms with Crippen LogP contribution in [-0.2, 0) is 0 Å². The van der Waals surface area contributed by atoms with E-state index < -0.39 is 0 Å². The number of nitrogens with zero attached hydrogens (tertiary/aromatic N) is 2. The van der Waals surface area contributed by atoms with Crippen molar-refractivity contribution >= 4 is 40.1 Å². The number of hydrogen-bond acceptors (Lipinski definition) is 5. The van der Waals surface area contributed by atoms with E-state index in [-0.39, 0.29) is 0 Å². The van der Waals surface area contributed by atoms with Crippen LogP contribution in [0.1, 0.15) is 5.56 Å². The van der Waals surface area contributed by atoms with Crippen LogP contribution in [0, 0.1) is 0 Å². The summed E-state index contributed by atoms with van der Waals surface area (Å²) in [6.07, 6.45) is 3.40. The van der Waals surface area contributed by atoms with Crippen LogP contribution in [0.3, 0.4) is 0 Å². The molecule has 132 valence electrons. The minimum atomic E-state index is 0.375. The molecule has 0 aliphatic heterocycles. The number of hydrogen-bond donors (Lipinski definition) is 2. The van der Waals surface area contributed by atoms with Crippen LogP contribution in [0.25, 0.3) is 10.9 Å². The number of methoxy groups -OCH3 is 2. The Kier molecular flexibility index (Phi) is 5.60. The molecule has 0 atom stereocenters. The van der Waals surface area contributed by atoms with E-state index in [0.29, 0.717) is 16.6 Å². The van der Waals surface area contributed by atoms with Crippen molar-refractivity contribution in [2.24, 2.45) is 5.10 Å². The molecule has 0 bridgehead atoms. The number of pyridine rings is 1. The summed E-state index contributed by atoms with van der Waals surface area (Å²) in [7, 11) is 3.19. The Hall–Kier alpha value is -3.19. The number of benzene rings is 2. The molecule has 0 aliphatic carbocycles. The molecule has 2 N–H and O–H groups in total. The topological polar surface area (TPSA) is 67.8 Å². The van der Waals surface area contributed by atoms with Gasteiger partial charge in [0.15, 0.2) is 16.6 Å². The molecule has 0 amide bonds. The molecule has 6 nitrogen and oxygen atoms in total. The fourth-order valence-electron chi connectivity index (χ4n) is 2.45. The molecule has 0 saturated heterocycles. The number of rotatable bonds is 5. The maximum Gasteiger partial charge on any atom is 0.191 e. The van der Waals surface area contributed by atoms with Gasteiger partial charge in [0.2, 0.25) is 0 Å². The molecule has 0 fully saturated rings. The van der Waals surface area contributed by atoms with Crippen LogP contribution in [0.15, 0.2) is 59.8 Å². The van der Waals surface area contributed by atoms with Gasteiger partial charge in [-0.3, -0.25) is 10.4 Å². The third-order valence-electron chi connectivity index (χ3n) is 3.67. The van der Waals surface area contributed by atoms with Gasteiger partial charge in [-0.05, 0) is 48.1 Å². The average Bonchev–Trinajstić information content (AvgIpc) is 2.68. The first kappa shape index (κ1) is 17.6. The quantitative estimate of drug-likeness (QED) is 0.409. The molecule has 0 aliphatic rings. The molecule has 2 aromatic carbocycles. The third-order valence-corrected chi connectivity index (χ3v) is 3.86. The molecule has 0 radical (unpaired) electrons. The first-order valence-electron chi connectivity index (χ1n) is 7.87. The van der Waals surface area contributed by atoms with E-state index in [1.165, 1.54) is 0 Å². The lowest BCUT2D eigenvalue weighted by atomic mass is 10.2. The van der Waals surface area contributed by atoms with Gasteiger partial charge in [0.25, 0.3) is 0 Å². The molecular weight excluding hydrogens is 348 g/mol. The van der Waals surface area contributed by atoms with Crippen LogP contribution in [0.5, 0.6) is 11.5 Å². The van der Waals surface area contributed by atoms with Gasteiger partial charge in [-0.15, -0.1) is 0 Å². The Morgan fingerprint density at radius 1 is 1.08 bits per heavy atom. The summed E-state index contributed by atoms with van der Waals surface area (Å²) >= 11 is 5.29. The lowest BCUT2D eigenvalue weighted by molar-refractivity contribution is 0.355. The maximum absolute atomic E-state index is 5.29. The van der Waals surface area contributed by atoms with Crippen molar-refractivity contribution in [2.45, 2.75) is 0 Å². The molecule has 1 heterocycles. The largest absolute Gasteiger partial charge is 0.493 e. The number of aromatic nitrogens is 1. The van der Waals surface area contributed by atoms with E-state index in [4.69, 9.17) is 21.7 Å². The van der Waals surface area contributed by atoms with Crippen molar-refractivity contribution in [3.63, 3.8) is 0 Å². The maximum atomic E-state index is 5.29. The smallest absolute Gasteiger partial charge is 0.191 e. The van der Waals surface area contributed by atoms with E-state index in [9.17, 15) is 0 Å². The Balaban J connectivity index is 1.66. The fraction of sp³-hybridized carbons (Fsp3) is 0.105. The Morgan fingerprint density at radius 2 is 1.88 bits per heavy atom. The molecule has 7 heteroatoms. The van der Waals surface area contributed by atoms with Gasteiger partial charge in [0.05, 0.1) is 31.6 Å². The zero-order valence-electron chi connectivity index (χ0n) is 14.4. The summed E-state index contributed by atoms with van der Waals surface area (Å²) in [5.74, 6) is 1.30. The SMILES string of the molecule is COc1ccc(/C=N/NC(=S)Nc2cccc3cccnc23)cc1OC. The minimum absolute atomic E-state index is 0.375. The molecule has 1 aromatic heterocycles. The van der Waals surface area contributed by atoms with Crippen molar-refractivity contribution in [3.8, 4) is 11.5 Å². The molecule has 26 heavy (non-hydrogen) atoms. The van der Waals surface area contributed by atoms with E-state index in [0.717, 1.165) is 22.2 Å². The lowest BCUT2D eigenvalue weighted by Gasteiger charge is -2.09. The Bertz CT molecular complexity index is 954. The highest BCUT2D eigenvalue weighted by Gasteiger charge is 2.04. The van der Waals surface area contributed by atoms with E-state index in [2.05, 4.69) is 20.8 Å². The van der Waals surface area contributed by atoms with Crippen LogP contribution >= 0.6 is 12.2 Å². The van der Waals surface area contributed by atoms with Crippen LogP contribution < -0.4 is 20.2 Å². The summed E-state index contributed by atoms with van der Waals surface area (Å²) in [6.45, 7) is 0. The second-order valence-corrected chi connectivity index (χ2v) is 5.73. The summed E-state index contributed by atoms with van der Waals surface area (Å²) in [4.78, 5) is 4.38. The number of fused-ring (bicyclic) bond motifs is 1. The average molecular weight is 366 g/mol. The zero-order chi connectivity index (χ0) is 18.4. The standard InChI is InChI=1S/C19H18N4O2S/c1-24-16-9-8-13(11-17(16)25-2)12-21-23-19(26)22-15-7-3-5-14-6-4-10-20-18(14)15/h3-12H,1-2H3,(H2,22,23,26)/b21-12+. The third kappa shape index (κ3) is 4.07. The van der Waals surface area contributed by atoms with Crippen molar-refractivity contribution in [3.05, 3.63) is 60.3 Å². The molecule has 0 unspecified atom stereocenters. The van der Waals surface area contributed by atoms with Gasteiger partial charge in [-0.2, -0.15) is 5.10 Å². The van der Waals surface area contributed by atoms with Crippen LogP contribution in [0.2, 0.25) is 0 Å². The van der Waals surface area contributed by atoms with Crippen molar-refractivity contribution in [1.82, 2.24) is 10.4 Å². The lowest BCUT2D eigenvalue weighted by Crippen LogP contribution is -2.24. The summed E-state index contributed by atoms with van der Waals surface area (Å²) in [6, 6.07) is 15.3. The Morgan fingerprint density at radius 3 is 2.69 bits per heavy atom. The summed E-state index contributed by atoms with van der Waals surface area (Å²) < 4.78 is 10.5. The van der Waals surface area contributed by atoms with Gasteiger partial charge < -0.3 is 14.8 Å². The monoisotopic (exact) mass is 366 g/mol. The number of thiocarbonyl (C=S) groups is 1. The molecule has 3 aromatic rings. The normalized spacial score (nSPS) is 10.7. The summed E-state index contributed by atoms with van der Waals surface area (Å²) in [5, 5.41) is 8.68.